The Morgan fingerprint density at radius 1 is 1.21 bits per heavy atom. The van der Waals surface area contributed by atoms with Crippen LogP contribution in [-0.4, -0.2) is 10.9 Å². The average Bonchev–Trinajstić information content (AvgIpc) is 3.09. The van der Waals surface area contributed by atoms with E-state index in [-0.39, 0.29) is 5.91 Å². The van der Waals surface area contributed by atoms with E-state index < -0.39 is 0 Å². The van der Waals surface area contributed by atoms with Crippen LogP contribution in [0.1, 0.15) is 9.67 Å². The minimum Gasteiger partial charge on any atom is -0.375 e. The van der Waals surface area contributed by atoms with Gasteiger partial charge in [0.25, 0.3) is 5.91 Å². The molecule has 3 aromatic heterocycles. The van der Waals surface area contributed by atoms with Crippen molar-refractivity contribution in [2.24, 2.45) is 0 Å². The van der Waals surface area contributed by atoms with E-state index in [2.05, 4.69) is 10.3 Å². The summed E-state index contributed by atoms with van der Waals surface area (Å²) < 4.78 is 0. The summed E-state index contributed by atoms with van der Waals surface area (Å²) in [5, 5.41) is 7.86. The molecular formula is C12H9N3OS3. The number of amides is 1. The van der Waals surface area contributed by atoms with Crippen molar-refractivity contribution in [1.29, 1.82) is 0 Å². The van der Waals surface area contributed by atoms with Gasteiger partial charge in [-0.05, 0) is 22.9 Å². The Labute approximate surface area is 121 Å². The molecule has 7 heteroatoms. The van der Waals surface area contributed by atoms with Gasteiger partial charge in [-0.25, -0.2) is 4.98 Å². The average molecular weight is 307 g/mol. The van der Waals surface area contributed by atoms with Crippen LogP contribution in [0.3, 0.4) is 0 Å². The van der Waals surface area contributed by atoms with Crippen LogP contribution in [-0.2, 0) is 0 Å². The molecule has 0 aliphatic heterocycles. The maximum Gasteiger partial charge on any atom is 0.266 e. The Balaban J connectivity index is 1.91. The molecule has 0 fully saturated rings. The first kappa shape index (κ1) is 12.3. The predicted molar refractivity (Wildman–Crippen MR) is 82.1 cm³/mol. The highest BCUT2D eigenvalue weighted by molar-refractivity contribution is 7.21. The van der Waals surface area contributed by atoms with Crippen LogP contribution in [0, 0.1) is 0 Å². The summed E-state index contributed by atoms with van der Waals surface area (Å²) in [6.45, 7) is 0. The first-order valence-electron chi connectivity index (χ1n) is 5.39. The lowest BCUT2D eigenvalue weighted by Crippen LogP contribution is -2.09. The second-order valence-corrected chi connectivity index (χ2v) is 6.56. The van der Waals surface area contributed by atoms with Crippen LogP contribution in [0.25, 0.3) is 10.6 Å². The first-order valence-corrected chi connectivity index (χ1v) is 7.96. The number of hydrogen-bond donors (Lipinski definition) is 2. The van der Waals surface area contributed by atoms with E-state index in [4.69, 9.17) is 5.73 Å². The monoisotopic (exact) mass is 307 g/mol. The number of thiophene rings is 2. The van der Waals surface area contributed by atoms with E-state index in [1.807, 2.05) is 29.0 Å². The van der Waals surface area contributed by atoms with E-state index in [1.54, 1.807) is 17.4 Å². The third-order valence-corrected chi connectivity index (χ3v) is 4.92. The fourth-order valence-electron chi connectivity index (χ4n) is 1.57. The fraction of sp³-hybridized carbons (Fsp3) is 0. The lowest BCUT2D eigenvalue weighted by atomic mass is 10.3. The molecule has 3 aromatic rings. The number of thiazole rings is 1. The van der Waals surface area contributed by atoms with Crippen molar-refractivity contribution in [3.05, 3.63) is 39.9 Å². The van der Waals surface area contributed by atoms with Crippen LogP contribution in [0.2, 0.25) is 0 Å². The molecule has 0 saturated heterocycles. The smallest absolute Gasteiger partial charge is 0.266 e. The maximum atomic E-state index is 12.0. The molecule has 4 nitrogen and oxygen atoms in total. The molecule has 0 aliphatic carbocycles. The van der Waals surface area contributed by atoms with Crippen molar-refractivity contribution in [2.45, 2.75) is 0 Å². The van der Waals surface area contributed by atoms with Gasteiger partial charge < -0.3 is 11.1 Å². The molecule has 0 spiro atoms. The highest BCUT2D eigenvalue weighted by Crippen LogP contribution is 2.37. The second kappa shape index (κ2) is 5.12. The van der Waals surface area contributed by atoms with Gasteiger partial charge in [0.15, 0.2) is 5.13 Å². The number of nitrogens with two attached hydrogens (primary N) is 1. The van der Waals surface area contributed by atoms with Gasteiger partial charge in [-0.1, -0.05) is 23.5 Å². The van der Waals surface area contributed by atoms with E-state index >= 15 is 0 Å². The van der Waals surface area contributed by atoms with Gasteiger partial charge in [0.2, 0.25) is 0 Å². The van der Waals surface area contributed by atoms with Crippen molar-refractivity contribution < 1.29 is 4.79 Å². The number of carbonyl (C=O) groups is 1. The van der Waals surface area contributed by atoms with Gasteiger partial charge in [0, 0.05) is 0 Å². The van der Waals surface area contributed by atoms with Crippen LogP contribution < -0.4 is 11.1 Å². The Morgan fingerprint density at radius 2 is 2.00 bits per heavy atom. The Kier molecular flexibility index (Phi) is 3.33. The lowest BCUT2D eigenvalue weighted by molar-refractivity contribution is 0.103. The molecular weight excluding hydrogens is 298 g/mol. The van der Waals surface area contributed by atoms with Crippen LogP contribution in [0.5, 0.6) is 0 Å². The van der Waals surface area contributed by atoms with Gasteiger partial charge in [0.05, 0.1) is 9.75 Å². The van der Waals surface area contributed by atoms with Crippen molar-refractivity contribution >= 4 is 50.1 Å². The SMILES string of the molecule is Nc1nc(-c2cccs2)c(NC(=O)c2cccs2)s1. The summed E-state index contributed by atoms with van der Waals surface area (Å²) in [6.07, 6.45) is 0. The van der Waals surface area contributed by atoms with Gasteiger partial charge in [0.1, 0.15) is 10.7 Å². The number of nitrogens with one attached hydrogen (secondary N) is 1. The molecule has 1 amide bonds. The summed E-state index contributed by atoms with van der Waals surface area (Å²) in [5.41, 5.74) is 6.48. The molecule has 0 radical (unpaired) electrons. The number of hydrogen-bond acceptors (Lipinski definition) is 6. The van der Waals surface area contributed by atoms with Crippen LogP contribution in [0.15, 0.2) is 35.0 Å². The van der Waals surface area contributed by atoms with Crippen LogP contribution in [0.4, 0.5) is 10.1 Å². The molecule has 3 heterocycles. The fourth-order valence-corrected chi connectivity index (χ4v) is 3.72. The van der Waals surface area contributed by atoms with E-state index in [9.17, 15) is 4.79 Å². The third-order valence-electron chi connectivity index (χ3n) is 2.37. The van der Waals surface area contributed by atoms with Crippen molar-refractivity contribution in [3.63, 3.8) is 0 Å². The summed E-state index contributed by atoms with van der Waals surface area (Å²) in [6, 6.07) is 7.54. The van der Waals surface area contributed by atoms with Crippen molar-refractivity contribution in [1.82, 2.24) is 4.98 Å². The van der Waals surface area contributed by atoms with E-state index in [1.165, 1.54) is 22.7 Å². The zero-order valence-electron chi connectivity index (χ0n) is 9.62. The number of aromatic nitrogens is 1. The highest BCUT2D eigenvalue weighted by atomic mass is 32.1. The molecule has 0 aliphatic rings. The number of carbonyl (C=O) groups excluding carboxylic acids is 1. The van der Waals surface area contributed by atoms with Crippen molar-refractivity contribution in [3.8, 4) is 10.6 Å². The largest absolute Gasteiger partial charge is 0.375 e. The predicted octanol–water partition coefficient (Wildman–Crippen LogP) is 3.77. The Bertz CT molecular complexity index is 686. The highest BCUT2D eigenvalue weighted by Gasteiger charge is 2.16. The molecule has 3 N–H and O–H groups in total. The summed E-state index contributed by atoms with van der Waals surface area (Å²) in [5.74, 6) is -0.128. The normalized spacial score (nSPS) is 10.5. The minimum atomic E-state index is -0.128. The van der Waals surface area contributed by atoms with Crippen molar-refractivity contribution in [2.75, 3.05) is 11.1 Å². The van der Waals surface area contributed by atoms with Gasteiger partial charge in [-0.3, -0.25) is 4.79 Å². The lowest BCUT2D eigenvalue weighted by Gasteiger charge is -2.01. The van der Waals surface area contributed by atoms with Crippen LogP contribution >= 0.6 is 34.0 Å². The molecule has 0 unspecified atom stereocenters. The summed E-state index contributed by atoms with van der Waals surface area (Å²) >= 11 is 4.26. The van der Waals surface area contributed by atoms with Gasteiger partial charge >= 0.3 is 0 Å². The third kappa shape index (κ3) is 2.53. The number of nitrogen functional groups attached to an aromatic ring is 1. The summed E-state index contributed by atoms with van der Waals surface area (Å²) in [7, 11) is 0. The van der Waals surface area contributed by atoms with E-state index in [0.29, 0.717) is 15.0 Å². The quantitative estimate of drug-likeness (QED) is 0.774. The zero-order chi connectivity index (χ0) is 13.2. The first-order chi connectivity index (χ1) is 9.24. The summed E-state index contributed by atoms with van der Waals surface area (Å²) in [4.78, 5) is 18.0. The Morgan fingerprint density at radius 3 is 2.68 bits per heavy atom. The zero-order valence-corrected chi connectivity index (χ0v) is 12.1. The molecule has 0 saturated carbocycles. The Hall–Kier alpha value is -1.70. The van der Waals surface area contributed by atoms with Gasteiger partial charge in [-0.2, -0.15) is 0 Å². The van der Waals surface area contributed by atoms with E-state index in [0.717, 1.165) is 10.6 Å². The molecule has 0 bridgehead atoms. The number of rotatable bonds is 3. The molecule has 19 heavy (non-hydrogen) atoms. The maximum absolute atomic E-state index is 12.0. The molecule has 0 aromatic carbocycles. The standard InChI is InChI=1S/C12H9N3OS3/c13-12-14-9(7-3-1-5-17-7)11(19-12)15-10(16)8-4-2-6-18-8/h1-6H,(H2,13,14)(H,15,16). The molecule has 0 atom stereocenters. The molecule has 96 valence electrons. The number of anilines is 2. The number of nitrogens with zero attached hydrogens (tertiary/aromatic N) is 1. The van der Waals surface area contributed by atoms with Gasteiger partial charge in [-0.15, -0.1) is 22.7 Å². The molecule has 3 rings (SSSR count). The second-order valence-electron chi connectivity index (χ2n) is 3.64. The topological polar surface area (TPSA) is 68.0 Å². The minimum absolute atomic E-state index is 0.128.